The number of benzene rings is 3. The molecule has 3 aromatic rings. The number of rotatable bonds is 8. The third-order valence-corrected chi connectivity index (χ3v) is 11.6. The Kier molecular flexibility index (Phi) is 7.10. The first-order valence-electron chi connectivity index (χ1n) is 9.95. The fraction of sp³-hybridized carbons (Fsp3) is 0.280. The Hall–Kier alpha value is -2.03. The summed E-state index contributed by atoms with van der Waals surface area (Å²) in [5.41, 5.74) is 0. The van der Waals surface area contributed by atoms with E-state index in [0.717, 1.165) is 23.4 Å². The Morgan fingerprint density at radius 1 is 0.600 bits per heavy atom. The molecule has 5 heteroatoms. The van der Waals surface area contributed by atoms with Crippen molar-refractivity contribution in [2.75, 3.05) is 27.5 Å². The van der Waals surface area contributed by atoms with Gasteiger partial charge in [-0.3, -0.25) is 0 Å². The van der Waals surface area contributed by atoms with E-state index in [0.29, 0.717) is 0 Å². The summed E-state index contributed by atoms with van der Waals surface area (Å²) in [7, 11) is 2.73. The Morgan fingerprint density at radius 3 is 1.07 bits per heavy atom. The Labute approximate surface area is 188 Å². The molecule has 0 aliphatic rings. The van der Waals surface area contributed by atoms with Crippen LogP contribution in [-0.2, 0) is 0 Å². The van der Waals surface area contributed by atoms with Crippen LogP contribution in [0, 0.1) is 0 Å². The zero-order valence-electron chi connectivity index (χ0n) is 18.2. The van der Waals surface area contributed by atoms with Gasteiger partial charge >= 0.3 is 189 Å². The molecule has 0 atom stereocenters. The van der Waals surface area contributed by atoms with Crippen LogP contribution < -0.4 is 30.1 Å². The molecule has 0 spiro atoms. The van der Waals surface area contributed by atoms with Crippen LogP contribution in [0.3, 0.4) is 0 Å². The van der Waals surface area contributed by atoms with Crippen LogP contribution in [0.4, 0.5) is 0 Å². The molecule has 0 bridgehead atoms. The first-order chi connectivity index (χ1) is 14.3. The van der Waals surface area contributed by atoms with Crippen LogP contribution in [0.5, 0.6) is 17.2 Å². The number of hydrogen-bond donors (Lipinski definition) is 0. The molecule has 0 aliphatic carbocycles. The van der Waals surface area contributed by atoms with Crippen LogP contribution in [0.15, 0.2) is 72.8 Å². The van der Waals surface area contributed by atoms with Crippen molar-refractivity contribution in [1.29, 1.82) is 0 Å². The van der Waals surface area contributed by atoms with Gasteiger partial charge in [0.25, 0.3) is 0 Å². The van der Waals surface area contributed by atoms with E-state index in [4.69, 9.17) is 14.2 Å². The Bertz CT molecular complexity index is 830. The third kappa shape index (κ3) is 4.82. The fourth-order valence-corrected chi connectivity index (χ4v) is 10.4. The number of methoxy groups -OCH3 is 3. The summed E-state index contributed by atoms with van der Waals surface area (Å²) in [5, 5.41) is 4.02. The quantitative estimate of drug-likeness (QED) is 0.333. The molecule has 30 heavy (non-hydrogen) atoms. The average Bonchev–Trinajstić information content (AvgIpc) is 2.77. The van der Waals surface area contributed by atoms with E-state index in [1.807, 2.05) is 0 Å². The maximum absolute atomic E-state index is 5.43. The number of ether oxygens (including phenoxy) is 3. The molecular weight excluding hydrogens is 459 g/mol. The van der Waals surface area contributed by atoms with Crippen molar-refractivity contribution in [2.24, 2.45) is 0 Å². The molecule has 160 valence electrons. The predicted octanol–water partition coefficient (Wildman–Crippen LogP) is 4.91. The molecule has 3 rings (SSSR count). The van der Waals surface area contributed by atoms with Gasteiger partial charge in [0.05, 0.1) is 0 Å². The second kappa shape index (κ2) is 9.41. The average molecular weight is 489 g/mol. The topological polar surface area (TPSA) is 27.7 Å². The molecule has 0 saturated carbocycles. The van der Waals surface area contributed by atoms with Crippen molar-refractivity contribution >= 4 is 39.1 Å². The standard InChI is InChI=1S/C25H30BrO3P/c1-25(2,26)18-30(22-12-6-19(27-3)7-13-22,23-14-8-20(28-4)9-15-23)24-16-10-21(29-5)11-17-24/h6-17,30H,18H2,1-5H3. The van der Waals surface area contributed by atoms with E-state index in [1.54, 1.807) is 21.3 Å². The minimum absolute atomic E-state index is 0.0427. The van der Waals surface area contributed by atoms with Gasteiger partial charge < -0.3 is 0 Å². The van der Waals surface area contributed by atoms with E-state index in [-0.39, 0.29) is 4.32 Å². The molecular formula is C25H30BrO3P. The summed E-state index contributed by atoms with van der Waals surface area (Å²) in [5.74, 6) is 2.60. The predicted molar refractivity (Wildman–Crippen MR) is 134 cm³/mol. The summed E-state index contributed by atoms with van der Waals surface area (Å²) >= 11 is 3.95. The third-order valence-electron chi connectivity index (χ3n) is 5.43. The number of halogens is 1. The van der Waals surface area contributed by atoms with Crippen molar-refractivity contribution in [1.82, 2.24) is 0 Å². The molecule has 0 unspecified atom stereocenters. The molecule has 0 fully saturated rings. The summed E-state index contributed by atoms with van der Waals surface area (Å²) < 4.78 is 16.2. The fourth-order valence-electron chi connectivity index (χ4n) is 4.06. The monoisotopic (exact) mass is 488 g/mol. The zero-order valence-corrected chi connectivity index (χ0v) is 20.8. The molecule has 3 aromatic carbocycles. The van der Waals surface area contributed by atoms with Crippen molar-refractivity contribution in [3.63, 3.8) is 0 Å². The van der Waals surface area contributed by atoms with Crippen molar-refractivity contribution in [3.8, 4) is 17.2 Å². The van der Waals surface area contributed by atoms with Gasteiger partial charge in [-0.25, -0.2) is 0 Å². The van der Waals surface area contributed by atoms with Gasteiger partial charge in [-0.05, 0) is 0 Å². The maximum atomic E-state index is 5.43. The van der Waals surface area contributed by atoms with Gasteiger partial charge in [-0.2, -0.15) is 0 Å². The van der Waals surface area contributed by atoms with Crippen LogP contribution in [0.1, 0.15) is 13.8 Å². The molecule has 0 aromatic heterocycles. The van der Waals surface area contributed by atoms with Gasteiger partial charge in [0.2, 0.25) is 0 Å². The molecule has 0 aliphatic heterocycles. The summed E-state index contributed by atoms with van der Waals surface area (Å²) in [6.45, 7) is 4.48. The number of hydrogen-bond acceptors (Lipinski definition) is 3. The molecule has 0 amide bonds. The van der Waals surface area contributed by atoms with Crippen LogP contribution in [0.2, 0.25) is 0 Å². The van der Waals surface area contributed by atoms with Gasteiger partial charge in [0.15, 0.2) is 0 Å². The Morgan fingerprint density at radius 2 is 0.867 bits per heavy atom. The summed E-state index contributed by atoms with van der Waals surface area (Å²) in [6.07, 6.45) is 0.991. The van der Waals surface area contributed by atoms with Gasteiger partial charge in [0, 0.05) is 0 Å². The SMILES string of the molecule is COc1ccc([PH](CC(C)(C)Br)(c2ccc(OC)cc2)c2ccc(OC)cc2)cc1. The van der Waals surface area contributed by atoms with Gasteiger partial charge in [0.1, 0.15) is 0 Å². The van der Waals surface area contributed by atoms with Crippen molar-refractivity contribution in [3.05, 3.63) is 72.8 Å². The van der Waals surface area contributed by atoms with E-state index < -0.39 is 7.26 Å². The van der Waals surface area contributed by atoms with Crippen molar-refractivity contribution < 1.29 is 14.2 Å². The molecule has 3 nitrogen and oxygen atoms in total. The van der Waals surface area contributed by atoms with Crippen molar-refractivity contribution in [2.45, 2.75) is 18.2 Å². The van der Waals surface area contributed by atoms with Crippen LogP contribution in [-0.4, -0.2) is 31.8 Å². The first-order valence-corrected chi connectivity index (χ1v) is 12.9. The molecule has 0 saturated heterocycles. The number of alkyl halides is 1. The molecule has 0 heterocycles. The van der Waals surface area contributed by atoms with Gasteiger partial charge in [-0.15, -0.1) is 0 Å². The summed E-state index contributed by atoms with van der Waals surface area (Å²) in [4.78, 5) is 0. The van der Waals surface area contributed by atoms with Gasteiger partial charge in [-0.1, -0.05) is 0 Å². The Balaban J connectivity index is 2.30. The first kappa shape index (κ1) is 22.7. The minimum atomic E-state index is -2.38. The second-order valence-corrected chi connectivity index (χ2v) is 14.0. The van der Waals surface area contributed by atoms with Crippen LogP contribution >= 0.6 is 23.2 Å². The summed E-state index contributed by atoms with van der Waals surface area (Å²) in [6, 6.07) is 25.7. The van der Waals surface area contributed by atoms with E-state index in [2.05, 4.69) is 103 Å². The second-order valence-electron chi connectivity index (χ2n) is 7.99. The van der Waals surface area contributed by atoms with E-state index in [9.17, 15) is 0 Å². The van der Waals surface area contributed by atoms with E-state index in [1.165, 1.54) is 15.9 Å². The normalized spacial score (nSPS) is 12.3. The molecule has 0 N–H and O–H groups in total. The molecule has 0 radical (unpaired) electrons. The zero-order chi connectivity index (χ0) is 21.8. The van der Waals surface area contributed by atoms with Crippen LogP contribution in [0.25, 0.3) is 0 Å². The van der Waals surface area contributed by atoms with E-state index >= 15 is 0 Å².